The van der Waals surface area contributed by atoms with Crippen molar-refractivity contribution in [2.45, 2.75) is 45.2 Å². The Morgan fingerprint density at radius 2 is 1.94 bits per heavy atom. The number of nitrogens with zero attached hydrogens (tertiary/aromatic N) is 1. The van der Waals surface area contributed by atoms with Crippen LogP contribution in [0.25, 0.3) is 0 Å². The van der Waals surface area contributed by atoms with Gasteiger partial charge in [-0.3, -0.25) is 9.59 Å². The first-order chi connectivity index (χ1) is 8.32. The monoisotopic (exact) mass is 255 g/mol. The molecule has 0 aromatic heterocycles. The van der Waals surface area contributed by atoms with E-state index in [4.69, 9.17) is 5.73 Å². The molecule has 5 nitrogen and oxygen atoms in total. The molecule has 4 unspecified atom stereocenters. The largest absolute Gasteiger partial charge is 0.347 e. The Hall–Kier alpha value is -1.10. The van der Waals surface area contributed by atoms with Gasteiger partial charge in [0, 0.05) is 26.1 Å². The minimum absolute atomic E-state index is 0.0118. The average Bonchev–Trinajstić information content (AvgIpc) is 2.27. The highest BCUT2D eigenvalue weighted by atomic mass is 16.2. The zero-order chi connectivity index (χ0) is 13.9. The number of carbonyl (C=O) groups is 2. The molecule has 0 heterocycles. The summed E-state index contributed by atoms with van der Waals surface area (Å²) < 4.78 is 0. The third-order valence-electron chi connectivity index (χ3n) is 3.72. The van der Waals surface area contributed by atoms with E-state index >= 15 is 0 Å². The fourth-order valence-corrected chi connectivity index (χ4v) is 2.60. The second-order valence-electron chi connectivity index (χ2n) is 5.62. The maximum absolute atomic E-state index is 12.1. The number of amides is 2. The van der Waals surface area contributed by atoms with E-state index in [0.29, 0.717) is 0 Å². The molecule has 0 bridgehead atoms. The van der Waals surface area contributed by atoms with Gasteiger partial charge in [-0.2, -0.15) is 0 Å². The van der Waals surface area contributed by atoms with Gasteiger partial charge in [0.1, 0.15) is 6.04 Å². The molecule has 0 radical (unpaired) electrons. The molecule has 104 valence electrons. The fraction of sp³-hybridized carbons (Fsp3) is 0.846. The minimum atomic E-state index is -0.463. The Morgan fingerprint density at radius 3 is 2.44 bits per heavy atom. The van der Waals surface area contributed by atoms with Gasteiger partial charge in [-0.25, -0.2) is 0 Å². The summed E-state index contributed by atoms with van der Waals surface area (Å²) in [5.41, 5.74) is 5.88. The average molecular weight is 255 g/mol. The van der Waals surface area contributed by atoms with Crippen molar-refractivity contribution in [1.29, 1.82) is 0 Å². The molecular weight excluding hydrogens is 230 g/mol. The summed E-state index contributed by atoms with van der Waals surface area (Å²) in [4.78, 5) is 25.3. The Morgan fingerprint density at radius 1 is 1.33 bits per heavy atom. The number of hydrogen-bond donors (Lipinski definition) is 2. The molecule has 4 atom stereocenters. The summed E-state index contributed by atoms with van der Waals surface area (Å²) in [6, 6.07) is -0.250. The highest BCUT2D eigenvalue weighted by molar-refractivity contribution is 5.88. The van der Waals surface area contributed by atoms with Gasteiger partial charge < -0.3 is 16.0 Å². The number of nitrogens with one attached hydrogen (secondary N) is 1. The van der Waals surface area contributed by atoms with Crippen LogP contribution in [0, 0.1) is 11.8 Å². The van der Waals surface area contributed by atoms with Crippen molar-refractivity contribution in [2.24, 2.45) is 17.6 Å². The number of hydrogen-bond acceptors (Lipinski definition) is 3. The standard InChI is InChI=1S/C13H25N3O2/c1-8-7-10(14)5-6-11(8)12(17)15-9(2)13(18)16(3)4/h8-11H,5-7,14H2,1-4H3,(H,15,17). The van der Waals surface area contributed by atoms with Gasteiger partial charge in [0.05, 0.1) is 0 Å². The van der Waals surface area contributed by atoms with E-state index in [0.717, 1.165) is 19.3 Å². The van der Waals surface area contributed by atoms with Gasteiger partial charge in [-0.05, 0) is 32.1 Å². The van der Waals surface area contributed by atoms with E-state index < -0.39 is 6.04 Å². The molecule has 5 heteroatoms. The summed E-state index contributed by atoms with van der Waals surface area (Å²) in [6.07, 6.45) is 2.59. The predicted molar refractivity (Wildman–Crippen MR) is 70.8 cm³/mol. The Kier molecular flexibility index (Phi) is 5.14. The third-order valence-corrected chi connectivity index (χ3v) is 3.72. The molecule has 1 fully saturated rings. The lowest BCUT2D eigenvalue weighted by Crippen LogP contribution is -2.48. The molecule has 3 N–H and O–H groups in total. The lowest BCUT2D eigenvalue weighted by molar-refractivity contribution is -0.136. The van der Waals surface area contributed by atoms with E-state index in [-0.39, 0.29) is 29.7 Å². The fourth-order valence-electron chi connectivity index (χ4n) is 2.60. The third kappa shape index (κ3) is 3.70. The van der Waals surface area contributed by atoms with Gasteiger partial charge >= 0.3 is 0 Å². The summed E-state index contributed by atoms with van der Waals surface area (Å²) >= 11 is 0. The number of rotatable bonds is 3. The second kappa shape index (κ2) is 6.18. The first-order valence-corrected chi connectivity index (χ1v) is 6.60. The zero-order valence-electron chi connectivity index (χ0n) is 11.8. The van der Waals surface area contributed by atoms with E-state index in [2.05, 4.69) is 12.2 Å². The normalized spacial score (nSPS) is 29.5. The molecular formula is C13H25N3O2. The smallest absolute Gasteiger partial charge is 0.244 e. The summed E-state index contributed by atoms with van der Waals surface area (Å²) in [7, 11) is 3.38. The maximum atomic E-state index is 12.1. The molecule has 0 saturated heterocycles. The summed E-state index contributed by atoms with van der Waals surface area (Å²) in [5.74, 6) is 0.179. The highest BCUT2D eigenvalue weighted by Gasteiger charge is 2.32. The van der Waals surface area contributed by atoms with Gasteiger partial charge in [-0.15, -0.1) is 0 Å². The molecule has 0 aromatic rings. The van der Waals surface area contributed by atoms with E-state index in [1.165, 1.54) is 4.90 Å². The van der Waals surface area contributed by atoms with Crippen molar-refractivity contribution in [3.63, 3.8) is 0 Å². The van der Waals surface area contributed by atoms with Crippen molar-refractivity contribution >= 4 is 11.8 Å². The van der Waals surface area contributed by atoms with E-state index in [9.17, 15) is 9.59 Å². The van der Waals surface area contributed by atoms with Crippen LogP contribution in [0.5, 0.6) is 0 Å². The quantitative estimate of drug-likeness (QED) is 0.763. The Bertz CT molecular complexity index is 317. The van der Waals surface area contributed by atoms with E-state index in [1.54, 1.807) is 21.0 Å². The molecule has 0 aliphatic heterocycles. The molecule has 1 rings (SSSR count). The van der Waals surface area contributed by atoms with Crippen LogP contribution >= 0.6 is 0 Å². The molecule has 2 amide bonds. The molecule has 1 aliphatic rings. The van der Waals surface area contributed by atoms with Crippen LogP contribution < -0.4 is 11.1 Å². The second-order valence-corrected chi connectivity index (χ2v) is 5.62. The highest BCUT2D eigenvalue weighted by Crippen LogP contribution is 2.29. The summed E-state index contributed by atoms with van der Waals surface area (Å²) in [5, 5.41) is 2.80. The topological polar surface area (TPSA) is 75.4 Å². The van der Waals surface area contributed by atoms with Gasteiger partial charge in [-0.1, -0.05) is 6.92 Å². The first-order valence-electron chi connectivity index (χ1n) is 6.60. The van der Waals surface area contributed by atoms with Gasteiger partial charge in [0.25, 0.3) is 0 Å². The molecule has 1 saturated carbocycles. The Balaban J connectivity index is 2.52. The summed E-state index contributed by atoms with van der Waals surface area (Å²) in [6.45, 7) is 3.78. The van der Waals surface area contributed by atoms with Crippen LogP contribution in [-0.2, 0) is 9.59 Å². The SMILES string of the molecule is CC(NC(=O)C1CCC(N)CC1C)C(=O)N(C)C. The van der Waals surface area contributed by atoms with Crippen LogP contribution in [-0.4, -0.2) is 42.9 Å². The van der Waals surface area contributed by atoms with Crippen molar-refractivity contribution in [3.05, 3.63) is 0 Å². The molecule has 0 aromatic carbocycles. The molecule has 1 aliphatic carbocycles. The van der Waals surface area contributed by atoms with Crippen LogP contribution in [0.3, 0.4) is 0 Å². The molecule has 0 spiro atoms. The Labute approximate surface area is 109 Å². The number of likely N-dealkylation sites (N-methyl/N-ethyl adjacent to an activating group) is 1. The lowest BCUT2D eigenvalue weighted by atomic mass is 9.77. The maximum Gasteiger partial charge on any atom is 0.244 e. The predicted octanol–water partition coefficient (Wildman–Crippen LogP) is 0.343. The van der Waals surface area contributed by atoms with Crippen LogP contribution in [0.1, 0.15) is 33.1 Å². The van der Waals surface area contributed by atoms with Crippen molar-refractivity contribution in [1.82, 2.24) is 10.2 Å². The van der Waals surface area contributed by atoms with Crippen LogP contribution in [0.15, 0.2) is 0 Å². The lowest BCUT2D eigenvalue weighted by Gasteiger charge is -2.32. The van der Waals surface area contributed by atoms with Crippen molar-refractivity contribution in [2.75, 3.05) is 14.1 Å². The number of carbonyl (C=O) groups excluding carboxylic acids is 2. The van der Waals surface area contributed by atoms with Crippen LogP contribution in [0.2, 0.25) is 0 Å². The van der Waals surface area contributed by atoms with Crippen molar-refractivity contribution in [3.8, 4) is 0 Å². The zero-order valence-corrected chi connectivity index (χ0v) is 11.8. The van der Waals surface area contributed by atoms with Crippen LogP contribution in [0.4, 0.5) is 0 Å². The van der Waals surface area contributed by atoms with Gasteiger partial charge in [0.15, 0.2) is 0 Å². The first kappa shape index (κ1) is 15.0. The minimum Gasteiger partial charge on any atom is -0.347 e. The molecule has 18 heavy (non-hydrogen) atoms. The van der Waals surface area contributed by atoms with Crippen molar-refractivity contribution < 1.29 is 9.59 Å². The number of nitrogens with two attached hydrogens (primary N) is 1. The van der Waals surface area contributed by atoms with E-state index in [1.807, 2.05) is 0 Å². The van der Waals surface area contributed by atoms with Gasteiger partial charge in [0.2, 0.25) is 11.8 Å².